The molecule has 6 nitrogen and oxygen atoms in total. The van der Waals surface area contributed by atoms with Crippen LogP contribution in [0.5, 0.6) is 0 Å². The number of thioether (sulfide) groups is 1. The maximum atomic E-state index is 12.9. The van der Waals surface area contributed by atoms with Crippen molar-refractivity contribution >= 4 is 17.7 Å². The zero-order valence-corrected chi connectivity index (χ0v) is 16.6. The summed E-state index contributed by atoms with van der Waals surface area (Å²) in [5.41, 5.74) is 2.11. The third kappa shape index (κ3) is 3.83. The number of rotatable bonds is 4. The first-order valence-corrected chi connectivity index (χ1v) is 10.8. The third-order valence-corrected chi connectivity index (χ3v) is 6.79. The average molecular weight is 386 g/mol. The van der Waals surface area contributed by atoms with Crippen LogP contribution in [-0.2, 0) is 4.79 Å². The van der Waals surface area contributed by atoms with Crippen LogP contribution in [0.25, 0.3) is 11.4 Å². The standard InChI is InChI=1S/C20H27N5OS/c1-14-8-10-16(11-9-14)19-22-23-20(25(19)21)27-13-18(26)24-12-4-6-15-5-2-3-7-17(15)24/h8-11,15,17H,2-7,12-13,21H2,1H3/t15-,17-/m0/s1. The number of nitrogens with two attached hydrogens (primary N) is 1. The molecular formula is C20H27N5OS. The van der Waals surface area contributed by atoms with Crippen LogP contribution in [0.4, 0.5) is 0 Å². The second-order valence-electron chi connectivity index (χ2n) is 7.67. The SMILES string of the molecule is Cc1ccc(-c2nnc(SCC(=O)N3CCC[C@@H]4CCCC[C@@H]43)n2N)cc1. The molecule has 27 heavy (non-hydrogen) atoms. The van der Waals surface area contributed by atoms with E-state index in [1.54, 1.807) is 0 Å². The van der Waals surface area contributed by atoms with E-state index in [1.165, 1.54) is 47.7 Å². The summed E-state index contributed by atoms with van der Waals surface area (Å²) in [6, 6.07) is 8.46. The number of nitrogens with zero attached hydrogens (tertiary/aromatic N) is 4. The molecule has 2 aromatic rings. The van der Waals surface area contributed by atoms with Gasteiger partial charge in [0.25, 0.3) is 0 Å². The minimum Gasteiger partial charge on any atom is -0.339 e. The van der Waals surface area contributed by atoms with Crippen molar-refractivity contribution in [1.29, 1.82) is 0 Å². The molecule has 1 amide bonds. The number of likely N-dealkylation sites (tertiary alicyclic amines) is 1. The largest absolute Gasteiger partial charge is 0.339 e. The lowest BCUT2D eigenvalue weighted by molar-refractivity contribution is -0.134. The Bertz CT molecular complexity index is 801. The van der Waals surface area contributed by atoms with E-state index >= 15 is 0 Å². The van der Waals surface area contributed by atoms with Crippen LogP contribution in [0.1, 0.15) is 44.1 Å². The third-order valence-electron chi connectivity index (χ3n) is 5.86. The highest BCUT2D eigenvalue weighted by Gasteiger charge is 2.35. The Morgan fingerprint density at radius 1 is 1.15 bits per heavy atom. The maximum absolute atomic E-state index is 12.9. The normalized spacial score (nSPS) is 22.5. The highest BCUT2D eigenvalue weighted by Crippen LogP contribution is 2.35. The molecule has 0 unspecified atom stereocenters. The molecule has 2 atom stereocenters. The lowest BCUT2D eigenvalue weighted by atomic mass is 9.78. The summed E-state index contributed by atoms with van der Waals surface area (Å²) < 4.78 is 1.49. The molecule has 4 rings (SSSR count). The number of fused-ring (bicyclic) bond motifs is 1. The summed E-state index contributed by atoms with van der Waals surface area (Å²) in [4.78, 5) is 15.0. The molecule has 2 N–H and O–H groups in total. The van der Waals surface area contributed by atoms with Gasteiger partial charge < -0.3 is 10.7 Å². The second-order valence-corrected chi connectivity index (χ2v) is 8.61. The minimum atomic E-state index is 0.205. The molecule has 1 saturated carbocycles. The van der Waals surface area contributed by atoms with Crippen molar-refractivity contribution < 1.29 is 4.79 Å². The van der Waals surface area contributed by atoms with Crippen LogP contribution in [0, 0.1) is 12.8 Å². The van der Waals surface area contributed by atoms with Gasteiger partial charge in [0.05, 0.1) is 5.75 Å². The lowest BCUT2D eigenvalue weighted by Gasteiger charge is -2.44. The predicted octanol–water partition coefficient (Wildman–Crippen LogP) is 3.24. The van der Waals surface area contributed by atoms with Gasteiger partial charge in [-0.3, -0.25) is 4.79 Å². The Morgan fingerprint density at radius 2 is 1.89 bits per heavy atom. The Balaban J connectivity index is 1.41. The number of piperidine rings is 1. The Kier molecular flexibility index (Phi) is 5.38. The van der Waals surface area contributed by atoms with Gasteiger partial charge in [0.2, 0.25) is 11.1 Å². The predicted molar refractivity (Wildman–Crippen MR) is 108 cm³/mol. The molecule has 7 heteroatoms. The summed E-state index contributed by atoms with van der Waals surface area (Å²) in [5, 5.41) is 8.99. The number of aryl methyl sites for hydroxylation is 1. The first kappa shape index (κ1) is 18.3. The van der Waals surface area contributed by atoms with E-state index in [4.69, 9.17) is 5.84 Å². The van der Waals surface area contributed by atoms with Crippen molar-refractivity contribution in [1.82, 2.24) is 19.8 Å². The molecular weight excluding hydrogens is 358 g/mol. The molecule has 2 heterocycles. The summed E-state index contributed by atoms with van der Waals surface area (Å²) in [5.74, 6) is 8.09. The van der Waals surface area contributed by atoms with Gasteiger partial charge in [-0.25, -0.2) is 4.68 Å². The number of aromatic nitrogens is 3. The average Bonchev–Trinajstić information content (AvgIpc) is 3.07. The van der Waals surface area contributed by atoms with Gasteiger partial charge in [0.15, 0.2) is 5.82 Å². The van der Waals surface area contributed by atoms with Gasteiger partial charge in [-0.05, 0) is 38.5 Å². The quantitative estimate of drug-likeness (QED) is 0.646. The summed E-state index contributed by atoms with van der Waals surface area (Å²) >= 11 is 1.38. The van der Waals surface area contributed by atoms with E-state index in [0.717, 1.165) is 24.9 Å². The fraction of sp³-hybridized carbons (Fsp3) is 0.550. The second kappa shape index (κ2) is 7.92. The van der Waals surface area contributed by atoms with Crippen LogP contribution >= 0.6 is 11.8 Å². The van der Waals surface area contributed by atoms with Crippen LogP contribution < -0.4 is 5.84 Å². The molecule has 2 aliphatic rings. The molecule has 2 fully saturated rings. The van der Waals surface area contributed by atoms with Crippen molar-refractivity contribution in [3.63, 3.8) is 0 Å². The van der Waals surface area contributed by atoms with E-state index in [-0.39, 0.29) is 5.91 Å². The topological polar surface area (TPSA) is 77.0 Å². The van der Waals surface area contributed by atoms with E-state index in [9.17, 15) is 4.79 Å². The van der Waals surface area contributed by atoms with Crippen molar-refractivity contribution in [2.45, 2.75) is 56.6 Å². The van der Waals surface area contributed by atoms with Gasteiger partial charge >= 0.3 is 0 Å². The van der Waals surface area contributed by atoms with E-state index < -0.39 is 0 Å². The monoisotopic (exact) mass is 385 g/mol. The van der Waals surface area contributed by atoms with Crippen molar-refractivity contribution in [3.05, 3.63) is 29.8 Å². The highest BCUT2D eigenvalue weighted by molar-refractivity contribution is 7.99. The Hall–Kier alpha value is -2.02. The molecule has 0 radical (unpaired) electrons. The number of nitrogen functional groups attached to an aromatic ring is 1. The molecule has 144 valence electrons. The molecule has 0 spiro atoms. The number of carbonyl (C=O) groups is 1. The fourth-order valence-corrected chi connectivity index (χ4v) is 5.16. The summed E-state index contributed by atoms with van der Waals surface area (Å²) in [6.45, 7) is 2.94. The van der Waals surface area contributed by atoms with Gasteiger partial charge in [0.1, 0.15) is 0 Å². The minimum absolute atomic E-state index is 0.205. The van der Waals surface area contributed by atoms with Gasteiger partial charge in [-0.2, -0.15) is 0 Å². The maximum Gasteiger partial charge on any atom is 0.233 e. The Morgan fingerprint density at radius 3 is 2.70 bits per heavy atom. The zero-order chi connectivity index (χ0) is 18.8. The first-order chi connectivity index (χ1) is 13.1. The lowest BCUT2D eigenvalue weighted by Crippen LogP contribution is -2.50. The van der Waals surface area contributed by atoms with Crippen LogP contribution in [0.2, 0.25) is 0 Å². The molecule has 1 saturated heterocycles. The van der Waals surface area contributed by atoms with Crippen molar-refractivity contribution in [2.24, 2.45) is 5.92 Å². The molecule has 1 aliphatic carbocycles. The van der Waals surface area contributed by atoms with E-state index in [2.05, 4.69) is 15.1 Å². The number of hydrogen-bond acceptors (Lipinski definition) is 5. The summed E-state index contributed by atoms with van der Waals surface area (Å²) in [6.07, 6.45) is 7.40. The van der Waals surface area contributed by atoms with Crippen molar-refractivity contribution in [3.8, 4) is 11.4 Å². The number of carbonyl (C=O) groups excluding carboxylic acids is 1. The Labute approximate surface area is 164 Å². The molecule has 1 aliphatic heterocycles. The fourth-order valence-electron chi connectivity index (χ4n) is 4.42. The molecule has 1 aromatic heterocycles. The smallest absolute Gasteiger partial charge is 0.233 e. The number of hydrogen-bond donors (Lipinski definition) is 1. The van der Waals surface area contributed by atoms with E-state index in [1.807, 2.05) is 31.2 Å². The van der Waals surface area contributed by atoms with Crippen LogP contribution in [-0.4, -0.2) is 44.0 Å². The molecule has 1 aromatic carbocycles. The van der Waals surface area contributed by atoms with Crippen LogP contribution in [0.3, 0.4) is 0 Å². The van der Waals surface area contributed by atoms with E-state index in [0.29, 0.717) is 28.7 Å². The van der Waals surface area contributed by atoms with Crippen molar-refractivity contribution in [2.75, 3.05) is 18.1 Å². The zero-order valence-electron chi connectivity index (χ0n) is 15.8. The van der Waals surface area contributed by atoms with Crippen LogP contribution in [0.15, 0.2) is 29.4 Å². The first-order valence-electron chi connectivity index (χ1n) is 9.83. The molecule has 0 bridgehead atoms. The van der Waals surface area contributed by atoms with Gasteiger partial charge in [-0.1, -0.05) is 54.4 Å². The van der Waals surface area contributed by atoms with Gasteiger partial charge in [-0.15, -0.1) is 10.2 Å². The van der Waals surface area contributed by atoms with Gasteiger partial charge in [0, 0.05) is 18.2 Å². The number of amides is 1. The highest BCUT2D eigenvalue weighted by atomic mass is 32.2. The number of benzene rings is 1. The summed E-state index contributed by atoms with van der Waals surface area (Å²) in [7, 11) is 0.